The quantitative estimate of drug-likeness (QED) is 0.523. The summed E-state index contributed by atoms with van der Waals surface area (Å²) in [5.74, 6) is 0.806. The van der Waals surface area contributed by atoms with Crippen molar-refractivity contribution in [2.24, 2.45) is 5.92 Å². The van der Waals surface area contributed by atoms with Crippen molar-refractivity contribution < 1.29 is 4.79 Å². The summed E-state index contributed by atoms with van der Waals surface area (Å²) in [4.78, 5) is 23.7. The lowest BCUT2D eigenvalue weighted by Crippen LogP contribution is -2.15. The largest absolute Gasteiger partial charge is 0.324 e. The molecule has 1 aromatic carbocycles. The zero-order valence-corrected chi connectivity index (χ0v) is 16.5. The first kappa shape index (κ1) is 18.0. The Morgan fingerprint density at radius 1 is 1.41 bits per heavy atom. The number of carbonyl (C=O) groups excluding carboxylic acids is 1. The second-order valence-electron chi connectivity index (χ2n) is 6.70. The minimum absolute atomic E-state index is 0.146. The average molecular weight is 395 g/mol. The van der Waals surface area contributed by atoms with Gasteiger partial charge in [-0.05, 0) is 42.9 Å². The molecule has 1 aliphatic rings. The molecule has 5 nitrogen and oxygen atoms in total. The molecule has 0 saturated heterocycles. The molecule has 0 spiro atoms. The SMILES string of the molecule is C[C@@H]1CCc2c(sc3ncnc(SCC(=O)Nc4ccccc4C#N)c23)C1. The first-order valence-electron chi connectivity index (χ1n) is 8.82. The van der Waals surface area contributed by atoms with Gasteiger partial charge in [0.1, 0.15) is 22.3 Å². The molecule has 27 heavy (non-hydrogen) atoms. The van der Waals surface area contributed by atoms with Gasteiger partial charge in [0.25, 0.3) is 0 Å². The van der Waals surface area contributed by atoms with Gasteiger partial charge in [-0.1, -0.05) is 30.8 Å². The normalized spacial score (nSPS) is 15.9. The monoisotopic (exact) mass is 394 g/mol. The Morgan fingerprint density at radius 2 is 2.26 bits per heavy atom. The van der Waals surface area contributed by atoms with Crippen molar-refractivity contribution in [1.82, 2.24) is 9.97 Å². The van der Waals surface area contributed by atoms with Crippen molar-refractivity contribution in [2.75, 3.05) is 11.1 Å². The van der Waals surface area contributed by atoms with Gasteiger partial charge in [-0.3, -0.25) is 4.79 Å². The van der Waals surface area contributed by atoms with E-state index in [0.717, 1.165) is 28.1 Å². The minimum Gasteiger partial charge on any atom is -0.324 e. The van der Waals surface area contributed by atoms with Gasteiger partial charge < -0.3 is 5.32 Å². The van der Waals surface area contributed by atoms with Gasteiger partial charge in [0.05, 0.1) is 17.0 Å². The van der Waals surface area contributed by atoms with Crippen LogP contribution in [0.15, 0.2) is 35.6 Å². The number of carbonyl (C=O) groups is 1. The summed E-state index contributed by atoms with van der Waals surface area (Å²) >= 11 is 3.19. The summed E-state index contributed by atoms with van der Waals surface area (Å²) in [5.41, 5.74) is 2.37. The molecule has 1 aliphatic carbocycles. The van der Waals surface area contributed by atoms with Crippen LogP contribution in [0, 0.1) is 17.2 Å². The Labute approximate surface area is 165 Å². The molecule has 2 aromatic heterocycles. The van der Waals surface area contributed by atoms with Crippen LogP contribution in [0.2, 0.25) is 0 Å². The third-order valence-corrected chi connectivity index (χ3v) is 6.87. The fourth-order valence-electron chi connectivity index (χ4n) is 3.37. The number of benzene rings is 1. The molecule has 0 radical (unpaired) electrons. The zero-order valence-electron chi connectivity index (χ0n) is 14.9. The van der Waals surface area contributed by atoms with Gasteiger partial charge >= 0.3 is 0 Å². The third kappa shape index (κ3) is 3.68. The molecule has 4 rings (SSSR count). The van der Waals surface area contributed by atoms with Gasteiger partial charge in [0.15, 0.2) is 0 Å². The minimum atomic E-state index is -0.146. The number of anilines is 1. The third-order valence-electron chi connectivity index (χ3n) is 4.72. The van der Waals surface area contributed by atoms with Crippen molar-refractivity contribution in [3.8, 4) is 6.07 Å². The van der Waals surface area contributed by atoms with Crippen LogP contribution < -0.4 is 5.32 Å². The van der Waals surface area contributed by atoms with Gasteiger partial charge in [0, 0.05) is 10.3 Å². The van der Waals surface area contributed by atoms with Crippen LogP contribution >= 0.6 is 23.1 Å². The Bertz CT molecular complexity index is 1050. The molecular formula is C20H18N4OS2. The number of hydrogen-bond acceptors (Lipinski definition) is 6. The van der Waals surface area contributed by atoms with Crippen molar-refractivity contribution in [1.29, 1.82) is 5.26 Å². The molecule has 0 aliphatic heterocycles. The molecule has 1 atom stereocenters. The number of nitrogens with one attached hydrogen (secondary N) is 1. The number of thioether (sulfide) groups is 1. The summed E-state index contributed by atoms with van der Waals surface area (Å²) in [5, 5.41) is 14.0. The van der Waals surface area contributed by atoms with Gasteiger partial charge in [-0.25, -0.2) is 9.97 Å². The maximum atomic E-state index is 12.4. The van der Waals surface area contributed by atoms with E-state index in [0.29, 0.717) is 17.2 Å². The van der Waals surface area contributed by atoms with Crippen LogP contribution in [0.4, 0.5) is 5.69 Å². The molecule has 1 N–H and O–H groups in total. The second kappa shape index (κ2) is 7.67. The summed E-state index contributed by atoms with van der Waals surface area (Å²) in [6, 6.07) is 9.10. The van der Waals surface area contributed by atoms with Crippen LogP contribution in [0.25, 0.3) is 10.2 Å². The highest BCUT2D eigenvalue weighted by molar-refractivity contribution is 8.00. The van der Waals surface area contributed by atoms with E-state index in [1.165, 1.54) is 28.6 Å². The van der Waals surface area contributed by atoms with E-state index in [9.17, 15) is 4.79 Å². The number of para-hydroxylation sites is 1. The lowest BCUT2D eigenvalue weighted by Gasteiger charge is -2.18. The maximum Gasteiger partial charge on any atom is 0.234 e. The van der Waals surface area contributed by atoms with Crippen molar-refractivity contribution in [3.63, 3.8) is 0 Å². The zero-order chi connectivity index (χ0) is 18.8. The van der Waals surface area contributed by atoms with E-state index >= 15 is 0 Å². The first-order valence-corrected chi connectivity index (χ1v) is 10.6. The molecule has 0 unspecified atom stereocenters. The molecule has 136 valence electrons. The van der Waals surface area contributed by atoms with Crippen molar-refractivity contribution in [3.05, 3.63) is 46.6 Å². The molecule has 0 saturated carbocycles. The van der Waals surface area contributed by atoms with Gasteiger partial charge in [-0.15, -0.1) is 11.3 Å². The molecular weight excluding hydrogens is 376 g/mol. The Hall–Kier alpha value is -2.43. The number of hydrogen-bond donors (Lipinski definition) is 1. The Morgan fingerprint density at radius 3 is 3.11 bits per heavy atom. The Balaban J connectivity index is 1.52. The van der Waals surface area contributed by atoms with Crippen LogP contribution in [-0.4, -0.2) is 21.6 Å². The molecule has 2 heterocycles. The number of nitriles is 1. The number of aryl methyl sites for hydroxylation is 1. The molecule has 7 heteroatoms. The fourth-order valence-corrected chi connectivity index (χ4v) is 5.61. The van der Waals surface area contributed by atoms with Crippen molar-refractivity contribution >= 4 is 44.9 Å². The van der Waals surface area contributed by atoms with Crippen LogP contribution in [0.5, 0.6) is 0 Å². The fraction of sp³-hybridized carbons (Fsp3) is 0.300. The maximum absolute atomic E-state index is 12.4. The van der Waals surface area contributed by atoms with E-state index in [1.807, 2.05) is 0 Å². The number of thiophene rings is 1. The van der Waals surface area contributed by atoms with E-state index in [2.05, 4.69) is 28.3 Å². The van der Waals surface area contributed by atoms with Crippen molar-refractivity contribution in [2.45, 2.75) is 31.2 Å². The number of fused-ring (bicyclic) bond motifs is 3. The molecule has 1 amide bonds. The number of rotatable bonds is 4. The lowest BCUT2D eigenvalue weighted by atomic mass is 9.89. The highest BCUT2D eigenvalue weighted by atomic mass is 32.2. The van der Waals surface area contributed by atoms with E-state index < -0.39 is 0 Å². The molecule has 0 fully saturated rings. The topological polar surface area (TPSA) is 78.7 Å². The number of aromatic nitrogens is 2. The van der Waals surface area contributed by atoms with Crippen LogP contribution in [0.1, 0.15) is 29.3 Å². The van der Waals surface area contributed by atoms with E-state index in [-0.39, 0.29) is 11.7 Å². The molecule has 3 aromatic rings. The smallest absolute Gasteiger partial charge is 0.234 e. The van der Waals surface area contributed by atoms with Crippen LogP contribution in [0.3, 0.4) is 0 Å². The van der Waals surface area contributed by atoms with Crippen LogP contribution in [-0.2, 0) is 17.6 Å². The highest BCUT2D eigenvalue weighted by Gasteiger charge is 2.23. The highest BCUT2D eigenvalue weighted by Crippen LogP contribution is 2.40. The van der Waals surface area contributed by atoms with Gasteiger partial charge in [0.2, 0.25) is 5.91 Å². The molecule has 0 bridgehead atoms. The van der Waals surface area contributed by atoms with Gasteiger partial charge in [-0.2, -0.15) is 5.26 Å². The predicted molar refractivity (Wildman–Crippen MR) is 109 cm³/mol. The lowest BCUT2D eigenvalue weighted by molar-refractivity contribution is -0.113. The number of amides is 1. The summed E-state index contributed by atoms with van der Waals surface area (Å²) < 4.78 is 0. The van der Waals surface area contributed by atoms with E-state index in [4.69, 9.17) is 5.26 Å². The first-order chi connectivity index (χ1) is 13.2. The summed E-state index contributed by atoms with van der Waals surface area (Å²) in [6.07, 6.45) is 4.92. The van der Waals surface area contributed by atoms with E-state index in [1.54, 1.807) is 41.9 Å². The Kier molecular flexibility index (Phi) is 5.10. The summed E-state index contributed by atoms with van der Waals surface area (Å²) in [6.45, 7) is 2.29. The number of nitrogens with zero attached hydrogens (tertiary/aromatic N) is 3. The second-order valence-corrected chi connectivity index (χ2v) is 8.75. The average Bonchev–Trinajstić information content (AvgIpc) is 3.04. The standard InChI is InChI=1S/C20H18N4OS2/c1-12-6-7-14-16(8-12)27-20-18(14)19(22-11-23-20)26-10-17(25)24-15-5-3-2-4-13(15)9-21/h2-5,11-12H,6-8,10H2,1H3,(H,24,25)/t12-/m1/s1. The summed E-state index contributed by atoms with van der Waals surface area (Å²) in [7, 11) is 0. The predicted octanol–water partition coefficient (Wildman–Crippen LogP) is 4.42.